The molecule has 0 saturated heterocycles. The van der Waals surface area contributed by atoms with Gasteiger partial charge in [0.05, 0.1) is 5.56 Å². The average Bonchev–Trinajstić information content (AvgIpc) is 2.78. The number of carbonyl (C=O) groups is 1. The standard InChI is InChI=1S/C24H22F4N2O4S/c1-16(2)30(23(31)29-20-5-3-4-18(14-20)24(26,27)28)15-17-6-10-21(11-7-17)34-35(32,33)22-12-8-19(25)9-13-22/h3-14,16H,15H2,1-2H3,(H,29,31). The fourth-order valence-corrected chi connectivity index (χ4v) is 4.01. The lowest BCUT2D eigenvalue weighted by atomic mass is 10.2. The van der Waals surface area contributed by atoms with Crippen LogP contribution in [-0.4, -0.2) is 25.4 Å². The number of halogens is 4. The fourth-order valence-electron chi connectivity index (χ4n) is 3.08. The molecule has 0 heterocycles. The first-order chi connectivity index (χ1) is 16.3. The van der Waals surface area contributed by atoms with Crippen molar-refractivity contribution in [1.29, 1.82) is 0 Å². The Bertz CT molecular complexity index is 1280. The number of urea groups is 1. The van der Waals surface area contributed by atoms with Crippen molar-refractivity contribution >= 4 is 21.8 Å². The molecule has 3 aromatic carbocycles. The zero-order valence-electron chi connectivity index (χ0n) is 18.7. The summed E-state index contributed by atoms with van der Waals surface area (Å²) in [6.07, 6.45) is -4.54. The summed E-state index contributed by atoms with van der Waals surface area (Å²) >= 11 is 0. The van der Waals surface area contributed by atoms with Crippen molar-refractivity contribution in [2.45, 2.75) is 37.5 Å². The second-order valence-corrected chi connectivity index (χ2v) is 9.41. The number of rotatable bonds is 7. The largest absolute Gasteiger partial charge is 0.416 e. The molecular weight excluding hydrogens is 488 g/mol. The van der Waals surface area contributed by atoms with Gasteiger partial charge in [0.1, 0.15) is 16.5 Å². The molecule has 0 bridgehead atoms. The van der Waals surface area contributed by atoms with Crippen LogP contribution in [-0.2, 0) is 22.8 Å². The van der Waals surface area contributed by atoms with Gasteiger partial charge in [-0.3, -0.25) is 0 Å². The average molecular weight is 511 g/mol. The zero-order chi connectivity index (χ0) is 25.8. The van der Waals surface area contributed by atoms with Crippen LogP contribution >= 0.6 is 0 Å². The van der Waals surface area contributed by atoms with Gasteiger partial charge in [-0.05, 0) is 74.0 Å². The first-order valence-corrected chi connectivity index (χ1v) is 11.8. The van der Waals surface area contributed by atoms with Crippen molar-refractivity contribution in [3.63, 3.8) is 0 Å². The molecule has 0 fully saturated rings. The third-order valence-electron chi connectivity index (χ3n) is 4.91. The molecule has 3 rings (SSSR count). The van der Waals surface area contributed by atoms with E-state index in [1.807, 2.05) is 0 Å². The number of amides is 2. The summed E-state index contributed by atoms with van der Waals surface area (Å²) in [5.74, 6) is -0.567. The van der Waals surface area contributed by atoms with Crippen LogP contribution in [0.15, 0.2) is 77.7 Å². The third-order valence-corrected chi connectivity index (χ3v) is 6.17. The molecule has 3 aromatic rings. The van der Waals surface area contributed by atoms with Gasteiger partial charge in [-0.1, -0.05) is 18.2 Å². The maximum absolute atomic E-state index is 13.0. The Kier molecular flexibility index (Phi) is 7.69. The smallest absolute Gasteiger partial charge is 0.379 e. The van der Waals surface area contributed by atoms with Gasteiger partial charge in [0.2, 0.25) is 0 Å². The van der Waals surface area contributed by atoms with E-state index in [0.717, 1.165) is 36.4 Å². The lowest BCUT2D eigenvalue weighted by Crippen LogP contribution is -2.39. The van der Waals surface area contributed by atoms with Crippen molar-refractivity contribution in [2.75, 3.05) is 5.32 Å². The van der Waals surface area contributed by atoms with E-state index in [4.69, 9.17) is 4.18 Å². The second kappa shape index (κ2) is 10.3. The predicted molar refractivity (Wildman–Crippen MR) is 122 cm³/mol. The Balaban J connectivity index is 1.69. The normalized spacial score (nSPS) is 11.9. The molecule has 0 aromatic heterocycles. The molecule has 186 valence electrons. The van der Waals surface area contributed by atoms with Crippen molar-refractivity contribution in [3.8, 4) is 5.75 Å². The van der Waals surface area contributed by atoms with Gasteiger partial charge < -0.3 is 14.4 Å². The van der Waals surface area contributed by atoms with Crippen molar-refractivity contribution in [2.24, 2.45) is 0 Å². The number of nitrogens with zero attached hydrogens (tertiary/aromatic N) is 1. The highest BCUT2D eigenvalue weighted by Crippen LogP contribution is 2.31. The number of hydrogen-bond donors (Lipinski definition) is 1. The summed E-state index contributed by atoms with van der Waals surface area (Å²) < 4.78 is 81.6. The van der Waals surface area contributed by atoms with E-state index in [1.54, 1.807) is 26.0 Å². The number of alkyl halides is 3. The molecule has 0 spiro atoms. The van der Waals surface area contributed by atoms with Gasteiger partial charge in [0.25, 0.3) is 0 Å². The van der Waals surface area contributed by atoms with Crippen LogP contribution in [0, 0.1) is 5.82 Å². The highest BCUT2D eigenvalue weighted by Gasteiger charge is 2.30. The Hall–Kier alpha value is -3.60. The molecule has 0 aliphatic rings. The van der Waals surface area contributed by atoms with Crippen LogP contribution in [0.5, 0.6) is 5.75 Å². The fraction of sp³-hybridized carbons (Fsp3) is 0.208. The molecule has 35 heavy (non-hydrogen) atoms. The summed E-state index contributed by atoms with van der Waals surface area (Å²) in [5, 5.41) is 2.48. The van der Waals surface area contributed by atoms with E-state index in [9.17, 15) is 30.8 Å². The number of benzene rings is 3. The zero-order valence-corrected chi connectivity index (χ0v) is 19.5. The van der Waals surface area contributed by atoms with E-state index in [-0.39, 0.29) is 28.9 Å². The summed E-state index contributed by atoms with van der Waals surface area (Å²) in [4.78, 5) is 14.0. The second-order valence-electron chi connectivity index (χ2n) is 7.87. The Morgan fingerprint density at radius 2 is 1.63 bits per heavy atom. The van der Waals surface area contributed by atoms with Crippen LogP contribution < -0.4 is 9.50 Å². The lowest BCUT2D eigenvalue weighted by molar-refractivity contribution is -0.137. The van der Waals surface area contributed by atoms with Gasteiger partial charge >= 0.3 is 22.3 Å². The number of hydrogen-bond acceptors (Lipinski definition) is 4. The van der Waals surface area contributed by atoms with Gasteiger partial charge in [0, 0.05) is 18.3 Å². The lowest BCUT2D eigenvalue weighted by Gasteiger charge is -2.27. The van der Waals surface area contributed by atoms with Gasteiger partial charge in [0.15, 0.2) is 0 Å². The molecular formula is C24H22F4N2O4S. The molecule has 0 radical (unpaired) electrons. The number of carbonyl (C=O) groups excluding carboxylic acids is 1. The molecule has 0 atom stereocenters. The van der Waals surface area contributed by atoms with Crippen LogP contribution in [0.1, 0.15) is 25.0 Å². The first kappa shape index (κ1) is 26.0. The maximum Gasteiger partial charge on any atom is 0.416 e. The van der Waals surface area contributed by atoms with Gasteiger partial charge in [-0.2, -0.15) is 21.6 Å². The van der Waals surface area contributed by atoms with E-state index in [1.165, 1.54) is 29.2 Å². The van der Waals surface area contributed by atoms with E-state index < -0.39 is 33.7 Å². The van der Waals surface area contributed by atoms with Crippen LogP contribution in [0.3, 0.4) is 0 Å². The van der Waals surface area contributed by atoms with Crippen molar-refractivity contribution < 1.29 is 35.0 Å². The van der Waals surface area contributed by atoms with Crippen LogP contribution in [0.2, 0.25) is 0 Å². The summed E-state index contributed by atoms with van der Waals surface area (Å²) in [6.45, 7) is 3.60. The minimum atomic E-state index is -4.54. The summed E-state index contributed by atoms with van der Waals surface area (Å²) in [7, 11) is -4.16. The molecule has 0 aliphatic carbocycles. The minimum absolute atomic E-state index is 0.00484. The van der Waals surface area contributed by atoms with Gasteiger partial charge in [-0.15, -0.1) is 0 Å². The topological polar surface area (TPSA) is 75.7 Å². The van der Waals surface area contributed by atoms with Gasteiger partial charge in [-0.25, -0.2) is 9.18 Å². The highest BCUT2D eigenvalue weighted by molar-refractivity contribution is 7.87. The summed E-state index contributed by atoms with van der Waals surface area (Å²) in [6, 6.07) is 13.5. The van der Waals surface area contributed by atoms with Crippen LogP contribution in [0.4, 0.5) is 28.0 Å². The monoisotopic (exact) mass is 510 g/mol. The number of nitrogens with one attached hydrogen (secondary N) is 1. The minimum Gasteiger partial charge on any atom is -0.379 e. The summed E-state index contributed by atoms with van der Waals surface area (Å²) in [5.41, 5.74) is -0.243. The molecule has 6 nitrogen and oxygen atoms in total. The highest BCUT2D eigenvalue weighted by atomic mass is 32.2. The van der Waals surface area contributed by atoms with E-state index >= 15 is 0 Å². The predicted octanol–water partition coefficient (Wildman–Crippen LogP) is 6.05. The molecule has 0 unspecified atom stereocenters. The van der Waals surface area contributed by atoms with Crippen molar-refractivity contribution in [3.05, 3.63) is 89.7 Å². The SMILES string of the molecule is CC(C)N(Cc1ccc(OS(=O)(=O)c2ccc(F)cc2)cc1)C(=O)Nc1cccc(C(F)(F)F)c1. The third kappa shape index (κ3) is 6.95. The Labute approximate surface area is 200 Å². The van der Waals surface area contributed by atoms with Crippen molar-refractivity contribution in [1.82, 2.24) is 4.90 Å². The first-order valence-electron chi connectivity index (χ1n) is 10.4. The Morgan fingerprint density at radius 3 is 2.20 bits per heavy atom. The molecule has 11 heteroatoms. The molecule has 0 saturated carbocycles. The molecule has 1 N–H and O–H groups in total. The van der Waals surface area contributed by atoms with Crippen LogP contribution in [0.25, 0.3) is 0 Å². The molecule has 2 amide bonds. The van der Waals surface area contributed by atoms with E-state index in [0.29, 0.717) is 5.56 Å². The molecule has 0 aliphatic heterocycles. The van der Waals surface area contributed by atoms with E-state index in [2.05, 4.69) is 5.32 Å². The maximum atomic E-state index is 13.0. The number of anilines is 1. The quantitative estimate of drug-likeness (QED) is 0.310. The Morgan fingerprint density at radius 1 is 1.00 bits per heavy atom.